The largest absolute Gasteiger partial charge is 0.389 e. The van der Waals surface area contributed by atoms with Gasteiger partial charge >= 0.3 is 0 Å². The molecular formula is C9H10N2O4. The maximum atomic E-state index is 10.5. The summed E-state index contributed by atoms with van der Waals surface area (Å²) in [4.78, 5) is 13.8. The first-order valence-corrected chi connectivity index (χ1v) is 4.59. The lowest BCUT2D eigenvalue weighted by Gasteiger charge is -2.23. The molecule has 0 aromatic carbocycles. The molecule has 6 nitrogen and oxygen atoms in total. The van der Waals surface area contributed by atoms with E-state index in [1.807, 2.05) is 0 Å². The lowest BCUT2D eigenvalue weighted by atomic mass is 9.89. The van der Waals surface area contributed by atoms with Crippen LogP contribution in [0.25, 0.3) is 0 Å². The van der Waals surface area contributed by atoms with Crippen LogP contribution in [0, 0.1) is 10.1 Å². The van der Waals surface area contributed by atoms with Gasteiger partial charge in [-0.15, -0.1) is 0 Å². The van der Waals surface area contributed by atoms with E-state index in [1.54, 1.807) is 0 Å². The van der Waals surface area contributed by atoms with Crippen molar-refractivity contribution in [2.75, 3.05) is 0 Å². The molecular weight excluding hydrogens is 200 g/mol. The Balaban J connectivity index is 2.40. The molecule has 1 heterocycles. The summed E-state index contributed by atoms with van der Waals surface area (Å²) >= 11 is 0. The molecule has 0 spiro atoms. The molecule has 0 saturated heterocycles. The second-order valence-corrected chi connectivity index (χ2v) is 3.52. The predicted octanol–water partition coefficient (Wildman–Crippen LogP) is 0.00110. The topological polar surface area (TPSA) is 96.0 Å². The Bertz CT molecular complexity index is 397. The molecule has 0 fully saturated rings. The predicted molar refractivity (Wildman–Crippen MR) is 51.8 cm³/mol. The van der Waals surface area contributed by atoms with Gasteiger partial charge in [-0.25, -0.2) is 0 Å². The summed E-state index contributed by atoms with van der Waals surface area (Å²) in [6.45, 7) is 0. The average Bonchev–Trinajstić information content (AvgIpc) is 2.19. The molecule has 2 rings (SSSR count). The molecule has 2 aliphatic rings. The Hall–Kier alpha value is -1.53. The van der Waals surface area contributed by atoms with Crippen LogP contribution in [0.4, 0.5) is 0 Å². The van der Waals surface area contributed by atoms with E-state index >= 15 is 0 Å². The van der Waals surface area contributed by atoms with Crippen LogP contribution in [0.15, 0.2) is 28.5 Å². The minimum absolute atomic E-state index is 0.348. The number of aliphatic hydroxyl groups excluding tert-OH is 2. The van der Waals surface area contributed by atoms with E-state index in [0.717, 1.165) is 6.20 Å². The van der Waals surface area contributed by atoms with E-state index in [0.29, 0.717) is 24.1 Å². The van der Waals surface area contributed by atoms with Crippen LogP contribution >= 0.6 is 0 Å². The normalized spacial score (nSPS) is 29.9. The average molecular weight is 210 g/mol. The van der Waals surface area contributed by atoms with E-state index in [4.69, 9.17) is 0 Å². The zero-order valence-electron chi connectivity index (χ0n) is 7.83. The number of aliphatic imine (C=N–C) groups is 1. The van der Waals surface area contributed by atoms with E-state index in [9.17, 15) is 20.3 Å². The van der Waals surface area contributed by atoms with E-state index in [-0.39, 0.29) is 5.70 Å². The zero-order valence-corrected chi connectivity index (χ0v) is 7.83. The van der Waals surface area contributed by atoms with Gasteiger partial charge in [-0.3, -0.25) is 15.1 Å². The molecule has 0 bridgehead atoms. The monoisotopic (exact) mass is 210 g/mol. The third-order valence-corrected chi connectivity index (χ3v) is 2.52. The van der Waals surface area contributed by atoms with Crippen molar-refractivity contribution in [3.63, 3.8) is 0 Å². The van der Waals surface area contributed by atoms with Crippen LogP contribution in [0.2, 0.25) is 0 Å². The van der Waals surface area contributed by atoms with Gasteiger partial charge in [0.1, 0.15) is 6.20 Å². The molecule has 0 aromatic rings. The molecule has 2 N–H and O–H groups in total. The smallest absolute Gasteiger partial charge is 0.297 e. The minimum Gasteiger partial charge on any atom is -0.389 e. The molecule has 0 amide bonds. The van der Waals surface area contributed by atoms with Gasteiger partial charge in [0.2, 0.25) is 0 Å². The van der Waals surface area contributed by atoms with Crippen molar-refractivity contribution >= 4 is 5.71 Å². The first-order chi connectivity index (χ1) is 7.09. The van der Waals surface area contributed by atoms with Crippen LogP contribution < -0.4 is 0 Å². The number of nitro groups is 1. The summed E-state index contributed by atoms with van der Waals surface area (Å²) in [6.07, 6.45) is 1.66. The Morgan fingerprint density at radius 1 is 1.53 bits per heavy atom. The summed E-state index contributed by atoms with van der Waals surface area (Å²) < 4.78 is 0. The number of aliphatic hydroxyl groups is 2. The highest BCUT2D eigenvalue weighted by Crippen LogP contribution is 2.26. The molecule has 1 aliphatic carbocycles. The van der Waals surface area contributed by atoms with E-state index in [2.05, 4.69) is 4.99 Å². The van der Waals surface area contributed by atoms with Gasteiger partial charge in [0.15, 0.2) is 6.10 Å². The van der Waals surface area contributed by atoms with Gasteiger partial charge in [0, 0.05) is 11.3 Å². The fourth-order valence-corrected chi connectivity index (χ4v) is 1.72. The van der Waals surface area contributed by atoms with Gasteiger partial charge in [-0.1, -0.05) is 0 Å². The standard InChI is InChI=1S/C9H10N2O4/c12-5-1-2-7-6(3-5)9(13)8(4-10-7)11(14)15/h3-5,9,12-13H,1-2H2. The Morgan fingerprint density at radius 3 is 2.93 bits per heavy atom. The van der Waals surface area contributed by atoms with Crippen LogP contribution in [-0.2, 0) is 0 Å². The lowest BCUT2D eigenvalue weighted by molar-refractivity contribution is -0.434. The maximum Gasteiger partial charge on any atom is 0.297 e. The highest BCUT2D eigenvalue weighted by atomic mass is 16.6. The van der Waals surface area contributed by atoms with E-state index in [1.165, 1.54) is 6.08 Å². The van der Waals surface area contributed by atoms with Gasteiger partial charge in [-0.05, 0) is 18.9 Å². The van der Waals surface area contributed by atoms with Gasteiger partial charge in [0.05, 0.1) is 11.0 Å². The molecule has 80 valence electrons. The fourth-order valence-electron chi connectivity index (χ4n) is 1.72. The highest BCUT2D eigenvalue weighted by Gasteiger charge is 2.34. The summed E-state index contributed by atoms with van der Waals surface area (Å²) in [5, 5.41) is 29.6. The van der Waals surface area contributed by atoms with Crippen molar-refractivity contribution in [1.29, 1.82) is 0 Å². The van der Waals surface area contributed by atoms with Crippen LogP contribution in [0.3, 0.4) is 0 Å². The summed E-state index contributed by atoms with van der Waals surface area (Å²) in [6, 6.07) is 0. The fraction of sp³-hybridized carbons (Fsp3) is 0.444. The Labute approximate surface area is 85.4 Å². The maximum absolute atomic E-state index is 10.5. The molecule has 0 radical (unpaired) electrons. The lowest BCUT2D eigenvalue weighted by Crippen LogP contribution is -2.31. The molecule has 1 aliphatic heterocycles. The second-order valence-electron chi connectivity index (χ2n) is 3.52. The van der Waals surface area contributed by atoms with Gasteiger partial charge < -0.3 is 10.2 Å². The summed E-state index contributed by atoms with van der Waals surface area (Å²) in [5.74, 6) is 0. The van der Waals surface area contributed by atoms with Crippen molar-refractivity contribution < 1.29 is 15.1 Å². The van der Waals surface area contributed by atoms with Crippen molar-refractivity contribution in [2.24, 2.45) is 4.99 Å². The molecule has 0 saturated carbocycles. The number of fused-ring (bicyclic) bond motifs is 1. The van der Waals surface area contributed by atoms with Crippen LogP contribution in [-0.4, -0.2) is 33.1 Å². The van der Waals surface area contributed by atoms with Gasteiger partial charge in [0.25, 0.3) is 5.70 Å². The quantitative estimate of drug-likeness (QED) is 0.470. The Morgan fingerprint density at radius 2 is 2.27 bits per heavy atom. The van der Waals surface area contributed by atoms with Crippen molar-refractivity contribution in [2.45, 2.75) is 25.0 Å². The number of hydrogen-bond acceptors (Lipinski definition) is 5. The first kappa shape index (κ1) is 10.0. The Kier molecular flexibility index (Phi) is 2.37. The zero-order chi connectivity index (χ0) is 11.0. The minimum atomic E-state index is -1.28. The molecule has 0 aromatic heterocycles. The van der Waals surface area contributed by atoms with Crippen LogP contribution in [0.1, 0.15) is 12.8 Å². The third kappa shape index (κ3) is 1.69. The SMILES string of the molecule is O=[N+]([O-])C1=CN=C2CCC(O)C=C2C1O. The van der Waals surface area contributed by atoms with Crippen molar-refractivity contribution in [3.8, 4) is 0 Å². The second kappa shape index (κ2) is 3.56. The van der Waals surface area contributed by atoms with Crippen LogP contribution in [0.5, 0.6) is 0 Å². The van der Waals surface area contributed by atoms with Crippen molar-refractivity contribution in [3.05, 3.63) is 33.7 Å². The first-order valence-electron chi connectivity index (χ1n) is 4.59. The summed E-state index contributed by atoms with van der Waals surface area (Å²) in [7, 11) is 0. The highest BCUT2D eigenvalue weighted by molar-refractivity contribution is 6.03. The van der Waals surface area contributed by atoms with Gasteiger partial charge in [-0.2, -0.15) is 0 Å². The molecule has 6 heteroatoms. The van der Waals surface area contributed by atoms with Crippen molar-refractivity contribution in [1.82, 2.24) is 0 Å². The number of rotatable bonds is 1. The molecule has 2 unspecified atom stereocenters. The summed E-state index contributed by atoms with van der Waals surface area (Å²) in [5.41, 5.74) is 0.639. The molecule has 15 heavy (non-hydrogen) atoms. The third-order valence-electron chi connectivity index (χ3n) is 2.52. The number of nitrogens with zero attached hydrogens (tertiary/aromatic N) is 2. The molecule has 2 atom stereocenters. The van der Waals surface area contributed by atoms with E-state index < -0.39 is 17.1 Å². The number of hydrogen-bond donors (Lipinski definition) is 2.